The molecule has 0 amide bonds. The van der Waals surface area contributed by atoms with Crippen LogP contribution in [0.15, 0.2) is 0 Å². The Hall–Kier alpha value is 0.420. The Morgan fingerprint density at radius 3 is 0.714 bits per heavy atom. The van der Waals surface area contributed by atoms with Crippen molar-refractivity contribution < 1.29 is 46.3 Å². The van der Waals surface area contributed by atoms with E-state index in [0.29, 0.717) is 0 Å². The molecule has 0 aromatic heterocycles. The monoisotopic (exact) mass is 288 g/mol. The van der Waals surface area contributed by atoms with Crippen LogP contribution in [0.25, 0.3) is 0 Å². The van der Waals surface area contributed by atoms with Crippen molar-refractivity contribution in [3.05, 3.63) is 0 Å². The standard InChI is InChI=1S/CH3O.4FH.Ta/c1-2;;;;;/h1H3;4*1H;/q-1;;;;;+5/p-4. The minimum absolute atomic E-state index is 0. The van der Waals surface area contributed by atoms with Crippen molar-refractivity contribution in [1.29, 1.82) is 0 Å². The molecule has 0 rings (SSSR count). The molecule has 0 N–H and O–H groups in total. The van der Waals surface area contributed by atoms with Gasteiger partial charge in [-0.2, -0.15) is 7.11 Å². The molecule has 0 atom stereocenters. The molecule has 0 saturated carbocycles. The Kier molecular flexibility index (Phi) is 23100. The van der Waals surface area contributed by atoms with Crippen LogP contribution in [0, 0.1) is 0 Å². The zero-order valence-corrected chi connectivity index (χ0v) is 6.58. The fraction of sp³-hybridized carbons (Fsp3) is 1.00. The van der Waals surface area contributed by atoms with Crippen molar-refractivity contribution in [3.8, 4) is 0 Å². The molecule has 0 aliphatic rings. The number of hydrogen-bond donors (Lipinski definition) is 0. The van der Waals surface area contributed by atoms with E-state index in [1.807, 2.05) is 0 Å². The number of halogens is 4. The van der Waals surface area contributed by atoms with Gasteiger partial charge in [0.2, 0.25) is 0 Å². The molecule has 0 aliphatic carbocycles. The van der Waals surface area contributed by atoms with Gasteiger partial charge in [-0.1, -0.05) is 0 Å². The molecule has 0 fully saturated rings. The zero-order chi connectivity index (χ0) is 2.00. The first-order valence-corrected chi connectivity index (χ1v) is 0.408. The average molecular weight is 288 g/mol. The molecular weight excluding hydrogens is 285 g/mol. The van der Waals surface area contributed by atoms with Crippen LogP contribution >= 0.6 is 0 Å². The molecule has 0 bridgehead atoms. The molecule has 46 valence electrons. The molecule has 0 aliphatic heterocycles. The van der Waals surface area contributed by atoms with E-state index in [2.05, 4.69) is 0 Å². The van der Waals surface area contributed by atoms with Crippen LogP contribution in [0.2, 0.25) is 0 Å². The molecule has 0 spiro atoms. The first-order valence-electron chi connectivity index (χ1n) is 0.408. The molecule has 0 radical (unpaired) electrons. The summed E-state index contributed by atoms with van der Waals surface area (Å²) in [5, 5.41) is 8.25. The normalized spacial score (nSPS) is 0.857. The van der Waals surface area contributed by atoms with E-state index in [1.165, 1.54) is 0 Å². The fourth-order valence-electron chi connectivity index (χ4n) is 0. The second-order valence-electron chi connectivity index (χ2n) is 0. The van der Waals surface area contributed by atoms with Gasteiger partial charge in [-0.25, -0.2) is 0 Å². The van der Waals surface area contributed by atoms with Gasteiger partial charge in [-0.05, 0) is 0 Å². The average Bonchev–Trinajstić information content (AvgIpc) is 1.00. The van der Waals surface area contributed by atoms with Gasteiger partial charge in [0.05, 0.1) is 0 Å². The summed E-state index contributed by atoms with van der Waals surface area (Å²) in [4.78, 5) is 0. The summed E-state index contributed by atoms with van der Waals surface area (Å²) in [7, 11) is 0.750. The first-order chi connectivity index (χ1) is 1.00. The van der Waals surface area contributed by atoms with Crippen molar-refractivity contribution in [3.63, 3.8) is 0 Å². The summed E-state index contributed by atoms with van der Waals surface area (Å²) in [5.41, 5.74) is 0. The van der Waals surface area contributed by atoms with E-state index in [-0.39, 0.29) is 41.2 Å². The molecule has 1 nitrogen and oxygen atoms in total. The van der Waals surface area contributed by atoms with Gasteiger partial charge in [0.15, 0.2) is 0 Å². The van der Waals surface area contributed by atoms with Crippen LogP contribution in [0.3, 0.4) is 0 Å². The topological polar surface area (TPSA) is 23.1 Å². The fourth-order valence-corrected chi connectivity index (χ4v) is 0. The third-order valence-electron chi connectivity index (χ3n) is 0. The van der Waals surface area contributed by atoms with Crippen LogP contribution in [-0.2, 0) is 22.4 Å². The largest absolute Gasteiger partial charge is 5.00 e. The van der Waals surface area contributed by atoms with Crippen molar-refractivity contribution in [2.45, 2.75) is 0 Å². The second kappa shape index (κ2) is 1070. The first kappa shape index (κ1) is 152. The summed E-state index contributed by atoms with van der Waals surface area (Å²) in [6.45, 7) is 0. The van der Waals surface area contributed by atoms with E-state index >= 15 is 0 Å². The Morgan fingerprint density at radius 1 is 0.714 bits per heavy atom. The number of rotatable bonds is 0. The summed E-state index contributed by atoms with van der Waals surface area (Å²) in [5.74, 6) is 0. The van der Waals surface area contributed by atoms with Crippen LogP contribution < -0.4 is 23.9 Å². The smallest absolute Gasteiger partial charge is 1.00 e. The Morgan fingerprint density at radius 2 is 0.714 bits per heavy atom. The van der Waals surface area contributed by atoms with Crippen LogP contribution in [0.1, 0.15) is 0 Å². The third kappa shape index (κ3) is 710. The SMILES string of the molecule is C[O-].[F-].[F-].[F-].[F-].[Ta+5]. The van der Waals surface area contributed by atoms with Gasteiger partial charge in [0.1, 0.15) is 0 Å². The second-order valence-corrected chi connectivity index (χ2v) is 0. The minimum atomic E-state index is 0. The van der Waals surface area contributed by atoms with E-state index < -0.39 is 0 Å². The van der Waals surface area contributed by atoms with Crippen LogP contribution in [0.4, 0.5) is 0 Å². The van der Waals surface area contributed by atoms with Gasteiger partial charge in [0.25, 0.3) is 0 Å². The predicted molar refractivity (Wildman–Crippen MR) is 5.92 cm³/mol. The summed E-state index contributed by atoms with van der Waals surface area (Å²) >= 11 is 0. The molecule has 7 heavy (non-hydrogen) atoms. The molecule has 6 heteroatoms. The summed E-state index contributed by atoms with van der Waals surface area (Å²) in [6, 6.07) is 0. The van der Waals surface area contributed by atoms with Crippen molar-refractivity contribution in [2.75, 3.05) is 7.11 Å². The van der Waals surface area contributed by atoms with E-state index in [9.17, 15) is 0 Å². The molecular formula is CH3F4OTa. The maximum atomic E-state index is 8.25. The summed E-state index contributed by atoms with van der Waals surface area (Å²) in [6.07, 6.45) is 0. The van der Waals surface area contributed by atoms with Crippen molar-refractivity contribution in [1.82, 2.24) is 0 Å². The maximum Gasteiger partial charge on any atom is 5.00 e. The summed E-state index contributed by atoms with van der Waals surface area (Å²) < 4.78 is 0. The minimum Gasteiger partial charge on any atom is -1.00 e. The van der Waals surface area contributed by atoms with E-state index in [0.717, 1.165) is 7.11 Å². The van der Waals surface area contributed by atoms with Crippen molar-refractivity contribution >= 4 is 0 Å². The molecule has 0 unspecified atom stereocenters. The molecule has 0 aromatic rings. The van der Waals surface area contributed by atoms with Crippen LogP contribution in [-0.4, -0.2) is 7.11 Å². The quantitative estimate of drug-likeness (QED) is 0.406. The molecule has 0 aromatic carbocycles. The Balaban J connectivity index is -0.000000000500. The van der Waals surface area contributed by atoms with Gasteiger partial charge in [-0.15, -0.1) is 0 Å². The van der Waals surface area contributed by atoms with Crippen LogP contribution in [0.5, 0.6) is 0 Å². The van der Waals surface area contributed by atoms with Gasteiger partial charge >= 0.3 is 22.4 Å². The Bertz CT molecular complexity index is 11.7. The zero-order valence-electron chi connectivity index (χ0n) is 3.37. The van der Waals surface area contributed by atoms with Crippen molar-refractivity contribution in [2.24, 2.45) is 0 Å². The van der Waals surface area contributed by atoms with E-state index in [4.69, 9.17) is 5.11 Å². The molecule has 0 saturated heterocycles. The maximum absolute atomic E-state index is 8.25. The molecule has 0 heterocycles. The number of hydrogen-bond acceptors (Lipinski definition) is 1. The Labute approximate surface area is 54.1 Å². The van der Waals surface area contributed by atoms with Gasteiger partial charge < -0.3 is 23.9 Å². The van der Waals surface area contributed by atoms with E-state index in [1.54, 1.807) is 0 Å². The van der Waals surface area contributed by atoms with Gasteiger partial charge in [-0.3, -0.25) is 0 Å². The van der Waals surface area contributed by atoms with Gasteiger partial charge in [0, 0.05) is 0 Å². The predicted octanol–water partition coefficient (Wildman–Crippen LogP) is -13.0. The third-order valence-corrected chi connectivity index (χ3v) is 0.